The number of benzene rings is 1. The number of aryl methyl sites for hydroxylation is 2. The van der Waals surface area contributed by atoms with Crippen molar-refractivity contribution in [3.05, 3.63) is 49.7 Å². The molecule has 1 heterocycles. The third kappa shape index (κ3) is 3.76. The lowest BCUT2D eigenvalue weighted by atomic mass is 10.1. The van der Waals surface area contributed by atoms with Crippen LogP contribution in [0.2, 0.25) is 10.0 Å². The van der Waals surface area contributed by atoms with Crippen LogP contribution in [0.15, 0.2) is 22.7 Å². The Kier molecular flexibility index (Phi) is 5.49. The molecule has 0 aliphatic carbocycles. The van der Waals surface area contributed by atoms with Crippen molar-refractivity contribution in [2.24, 2.45) is 7.05 Å². The van der Waals surface area contributed by atoms with E-state index in [1.54, 1.807) is 6.07 Å². The second-order valence-electron chi connectivity index (χ2n) is 4.63. The summed E-state index contributed by atoms with van der Waals surface area (Å²) in [6.45, 7) is 3.60. The zero-order valence-corrected chi connectivity index (χ0v) is 14.5. The summed E-state index contributed by atoms with van der Waals surface area (Å²) >= 11 is 15.6. The van der Waals surface area contributed by atoms with E-state index >= 15 is 0 Å². The summed E-state index contributed by atoms with van der Waals surface area (Å²) in [5.41, 5.74) is 3.25. The lowest BCUT2D eigenvalue weighted by molar-refractivity contribution is 0.623. The van der Waals surface area contributed by atoms with Crippen LogP contribution in [0.1, 0.15) is 17.0 Å². The SMILES string of the molecule is Cc1nn(C)c(CNCCc2ccc(Cl)cc2Cl)c1Br. The van der Waals surface area contributed by atoms with Gasteiger partial charge in [0.15, 0.2) is 0 Å². The topological polar surface area (TPSA) is 29.9 Å². The second kappa shape index (κ2) is 6.94. The average molecular weight is 377 g/mol. The number of nitrogens with zero attached hydrogens (tertiary/aromatic N) is 2. The zero-order valence-electron chi connectivity index (χ0n) is 11.4. The second-order valence-corrected chi connectivity index (χ2v) is 6.27. The van der Waals surface area contributed by atoms with E-state index in [4.69, 9.17) is 23.2 Å². The molecule has 2 aromatic rings. The maximum atomic E-state index is 6.15. The Bertz CT molecular complexity index is 611. The van der Waals surface area contributed by atoms with Gasteiger partial charge in [0, 0.05) is 23.6 Å². The van der Waals surface area contributed by atoms with Crippen molar-refractivity contribution in [1.82, 2.24) is 15.1 Å². The molecule has 6 heteroatoms. The predicted molar refractivity (Wildman–Crippen MR) is 87.5 cm³/mol. The third-order valence-corrected chi connectivity index (χ3v) is 4.76. The Balaban J connectivity index is 1.87. The third-order valence-electron chi connectivity index (χ3n) is 3.14. The van der Waals surface area contributed by atoms with Crippen LogP contribution < -0.4 is 5.32 Å². The average Bonchev–Trinajstić information content (AvgIpc) is 2.62. The Labute approximate surface area is 137 Å². The van der Waals surface area contributed by atoms with Gasteiger partial charge in [-0.3, -0.25) is 4.68 Å². The summed E-state index contributed by atoms with van der Waals surface area (Å²) in [4.78, 5) is 0. The van der Waals surface area contributed by atoms with Gasteiger partial charge in [-0.1, -0.05) is 29.3 Å². The van der Waals surface area contributed by atoms with Gasteiger partial charge in [-0.25, -0.2) is 0 Å². The highest BCUT2D eigenvalue weighted by molar-refractivity contribution is 9.10. The summed E-state index contributed by atoms with van der Waals surface area (Å²) < 4.78 is 2.96. The fraction of sp³-hybridized carbons (Fsp3) is 0.357. The Hall–Kier alpha value is -0.550. The fourth-order valence-electron chi connectivity index (χ4n) is 2.03. The van der Waals surface area contributed by atoms with Gasteiger partial charge in [0.2, 0.25) is 0 Å². The van der Waals surface area contributed by atoms with Crippen molar-refractivity contribution < 1.29 is 0 Å². The molecule has 0 amide bonds. The van der Waals surface area contributed by atoms with E-state index in [1.807, 2.05) is 30.8 Å². The number of nitrogens with one attached hydrogen (secondary N) is 1. The number of rotatable bonds is 5. The monoisotopic (exact) mass is 375 g/mol. The van der Waals surface area contributed by atoms with Gasteiger partial charge in [-0.15, -0.1) is 0 Å². The number of halogens is 3. The summed E-state index contributed by atoms with van der Waals surface area (Å²) in [5.74, 6) is 0. The maximum Gasteiger partial charge on any atom is 0.0739 e. The van der Waals surface area contributed by atoms with Crippen LogP contribution in [-0.4, -0.2) is 16.3 Å². The first-order chi connectivity index (χ1) is 9.49. The van der Waals surface area contributed by atoms with Gasteiger partial charge in [0.1, 0.15) is 0 Å². The van der Waals surface area contributed by atoms with Gasteiger partial charge >= 0.3 is 0 Å². The predicted octanol–water partition coefficient (Wildman–Crippen LogP) is 4.13. The highest BCUT2D eigenvalue weighted by Crippen LogP contribution is 2.22. The summed E-state index contributed by atoms with van der Waals surface area (Å²) in [5, 5.41) is 9.16. The van der Waals surface area contributed by atoms with Crippen LogP contribution in [0, 0.1) is 6.92 Å². The fourth-order valence-corrected chi connectivity index (χ4v) is 3.01. The lowest BCUT2D eigenvalue weighted by Gasteiger charge is -2.07. The molecule has 20 heavy (non-hydrogen) atoms. The van der Waals surface area contributed by atoms with Crippen LogP contribution >= 0.6 is 39.1 Å². The maximum absolute atomic E-state index is 6.15. The molecule has 1 N–H and O–H groups in total. The van der Waals surface area contributed by atoms with Crippen molar-refractivity contribution >= 4 is 39.1 Å². The molecule has 0 fully saturated rings. The summed E-state index contributed by atoms with van der Waals surface area (Å²) in [6.07, 6.45) is 0.866. The standard InChI is InChI=1S/C14H16BrCl2N3/c1-9-14(15)13(20(2)19-9)8-18-6-5-10-3-4-11(16)7-12(10)17/h3-4,7,18H,5-6,8H2,1-2H3. The normalized spacial score (nSPS) is 11.1. The van der Waals surface area contributed by atoms with E-state index in [0.29, 0.717) is 5.02 Å². The first-order valence-electron chi connectivity index (χ1n) is 6.31. The van der Waals surface area contributed by atoms with Gasteiger partial charge in [-0.05, 0) is 53.5 Å². The lowest BCUT2D eigenvalue weighted by Crippen LogP contribution is -2.19. The molecule has 1 aromatic carbocycles. The van der Waals surface area contributed by atoms with E-state index in [9.17, 15) is 0 Å². The first kappa shape index (κ1) is 15.8. The molecular weight excluding hydrogens is 361 g/mol. The van der Waals surface area contributed by atoms with E-state index in [-0.39, 0.29) is 0 Å². The largest absolute Gasteiger partial charge is 0.311 e. The molecular formula is C14H16BrCl2N3. The van der Waals surface area contributed by atoms with Crippen LogP contribution in [0.25, 0.3) is 0 Å². The van der Waals surface area contributed by atoms with Crippen LogP contribution in [0.3, 0.4) is 0 Å². The van der Waals surface area contributed by atoms with Gasteiger partial charge < -0.3 is 5.32 Å². The van der Waals surface area contributed by atoms with Gasteiger partial charge in [-0.2, -0.15) is 5.10 Å². The molecule has 0 atom stereocenters. The molecule has 3 nitrogen and oxygen atoms in total. The Morgan fingerprint density at radius 2 is 2.10 bits per heavy atom. The molecule has 0 spiro atoms. The number of aromatic nitrogens is 2. The molecule has 0 unspecified atom stereocenters. The van der Waals surface area contributed by atoms with Crippen LogP contribution in [0.4, 0.5) is 0 Å². The molecule has 2 rings (SSSR count). The van der Waals surface area contributed by atoms with Crippen molar-refractivity contribution in [1.29, 1.82) is 0 Å². The minimum absolute atomic E-state index is 0.668. The van der Waals surface area contributed by atoms with E-state index in [1.165, 1.54) is 0 Å². The molecule has 0 aliphatic heterocycles. The van der Waals surface area contributed by atoms with Gasteiger partial charge in [0.05, 0.1) is 15.9 Å². The van der Waals surface area contributed by atoms with E-state index < -0.39 is 0 Å². The van der Waals surface area contributed by atoms with E-state index in [0.717, 1.165) is 46.0 Å². The molecule has 1 aromatic heterocycles. The highest BCUT2D eigenvalue weighted by Gasteiger charge is 2.09. The number of hydrogen-bond donors (Lipinski definition) is 1. The first-order valence-corrected chi connectivity index (χ1v) is 7.86. The minimum atomic E-state index is 0.668. The zero-order chi connectivity index (χ0) is 14.7. The molecule has 0 saturated carbocycles. The van der Waals surface area contributed by atoms with Crippen molar-refractivity contribution in [2.75, 3.05) is 6.54 Å². The van der Waals surface area contributed by atoms with E-state index in [2.05, 4.69) is 26.3 Å². The van der Waals surface area contributed by atoms with Crippen molar-refractivity contribution in [3.63, 3.8) is 0 Å². The molecule has 0 radical (unpaired) electrons. The summed E-state index contributed by atoms with van der Waals surface area (Å²) in [6, 6.07) is 5.61. The van der Waals surface area contributed by atoms with Crippen molar-refractivity contribution in [2.45, 2.75) is 19.9 Å². The van der Waals surface area contributed by atoms with Crippen LogP contribution in [-0.2, 0) is 20.0 Å². The molecule has 0 bridgehead atoms. The summed E-state index contributed by atoms with van der Waals surface area (Å²) in [7, 11) is 1.95. The van der Waals surface area contributed by atoms with Crippen molar-refractivity contribution in [3.8, 4) is 0 Å². The Morgan fingerprint density at radius 1 is 1.35 bits per heavy atom. The number of hydrogen-bond acceptors (Lipinski definition) is 2. The minimum Gasteiger partial charge on any atom is -0.311 e. The highest BCUT2D eigenvalue weighted by atomic mass is 79.9. The quantitative estimate of drug-likeness (QED) is 0.795. The smallest absolute Gasteiger partial charge is 0.0739 e. The van der Waals surface area contributed by atoms with Gasteiger partial charge in [0.25, 0.3) is 0 Å². The molecule has 0 saturated heterocycles. The molecule has 108 valence electrons. The molecule has 0 aliphatic rings. The Morgan fingerprint density at radius 3 is 2.70 bits per heavy atom. The van der Waals surface area contributed by atoms with Crippen LogP contribution in [0.5, 0.6) is 0 Å².